The van der Waals surface area contributed by atoms with Gasteiger partial charge in [0.15, 0.2) is 0 Å². The lowest BCUT2D eigenvalue weighted by molar-refractivity contribution is 0.340. The summed E-state index contributed by atoms with van der Waals surface area (Å²) in [6.07, 6.45) is 0. The summed E-state index contributed by atoms with van der Waals surface area (Å²) in [5, 5.41) is 4.07. The molecule has 0 aliphatic heterocycles. The van der Waals surface area contributed by atoms with Crippen molar-refractivity contribution in [1.29, 1.82) is 0 Å². The van der Waals surface area contributed by atoms with Crippen molar-refractivity contribution in [1.82, 2.24) is 5.32 Å². The standard InChI is InChI=1S/C13H20ClNO/c1-4-16-13-6-5-11(7-12(13)14)9-15-8-10(2)3/h5-7,10,15H,4,8-9H2,1-3H3. The Morgan fingerprint density at radius 2 is 2.12 bits per heavy atom. The van der Waals surface area contributed by atoms with Crippen molar-refractivity contribution >= 4 is 11.6 Å². The first-order chi connectivity index (χ1) is 7.63. The van der Waals surface area contributed by atoms with Crippen molar-refractivity contribution in [3.8, 4) is 5.75 Å². The lowest BCUT2D eigenvalue weighted by atomic mass is 10.2. The van der Waals surface area contributed by atoms with Crippen molar-refractivity contribution in [2.75, 3.05) is 13.2 Å². The van der Waals surface area contributed by atoms with Crippen LogP contribution in [0, 0.1) is 5.92 Å². The summed E-state index contributed by atoms with van der Waals surface area (Å²) in [5.41, 5.74) is 1.19. The molecular formula is C13H20ClNO. The van der Waals surface area contributed by atoms with E-state index in [1.54, 1.807) is 0 Å². The zero-order chi connectivity index (χ0) is 12.0. The average Bonchev–Trinajstić information content (AvgIpc) is 2.21. The topological polar surface area (TPSA) is 21.3 Å². The van der Waals surface area contributed by atoms with Gasteiger partial charge in [0.25, 0.3) is 0 Å². The fourth-order valence-corrected chi connectivity index (χ4v) is 1.69. The minimum Gasteiger partial charge on any atom is -0.492 e. The zero-order valence-corrected chi connectivity index (χ0v) is 11.0. The number of benzene rings is 1. The number of hydrogen-bond acceptors (Lipinski definition) is 2. The van der Waals surface area contributed by atoms with Crippen LogP contribution in [0.4, 0.5) is 0 Å². The van der Waals surface area contributed by atoms with E-state index in [9.17, 15) is 0 Å². The monoisotopic (exact) mass is 241 g/mol. The Bertz CT molecular complexity index is 326. The lowest BCUT2D eigenvalue weighted by Gasteiger charge is -2.10. The van der Waals surface area contributed by atoms with Crippen LogP contribution in [-0.4, -0.2) is 13.2 Å². The molecule has 16 heavy (non-hydrogen) atoms. The molecule has 3 heteroatoms. The number of halogens is 1. The van der Waals surface area contributed by atoms with E-state index in [0.29, 0.717) is 17.5 Å². The van der Waals surface area contributed by atoms with E-state index in [1.807, 2.05) is 25.1 Å². The summed E-state index contributed by atoms with van der Waals surface area (Å²) in [7, 11) is 0. The summed E-state index contributed by atoms with van der Waals surface area (Å²) in [5.74, 6) is 1.43. The molecule has 90 valence electrons. The molecule has 1 rings (SSSR count). The third-order valence-electron chi connectivity index (χ3n) is 2.18. The van der Waals surface area contributed by atoms with E-state index >= 15 is 0 Å². The second-order valence-electron chi connectivity index (χ2n) is 4.22. The van der Waals surface area contributed by atoms with Crippen molar-refractivity contribution in [3.63, 3.8) is 0 Å². The first-order valence-electron chi connectivity index (χ1n) is 5.75. The third-order valence-corrected chi connectivity index (χ3v) is 2.47. The molecule has 0 spiro atoms. The van der Waals surface area contributed by atoms with Crippen LogP contribution in [-0.2, 0) is 6.54 Å². The molecule has 0 radical (unpaired) electrons. The van der Waals surface area contributed by atoms with E-state index in [-0.39, 0.29) is 0 Å². The van der Waals surface area contributed by atoms with Crippen molar-refractivity contribution in [2.24, 2.45) is 5.92 Å². The number of ether oxygens (including phenoxy) is 1. The molecule has 0 aliphatic carbocycles. The Kier molecular flexibility index (Phi) is 5.64. The fourth-order valence-electron chi connectivity index (χ4n) is 1.43. The smallest absolute Gasteiger partial charge is 0.137 e. The van der Waals surface area contributed by atoms with E-state index in [4.69, 9.17) is 16.3 Å². The third kappa shape index (κ3) is 4.42. The molecule has 0 bridgehead atoms. The van der Waals surface area contributed by atoms with Crippen LogP contribution in [0.15, 0.2) is 18.2 Å². The van der Waals surface area contributed by atoms with Gasteiger partial charge in [-0.2, -0.15) is 0 Å². The molecule has 0 aromatic heterocycles. The van der Waals surface area contributed by atoms with Gasteiger partial charge in [0.05, 0.1) is 11.6 Å². The van der Waals surface area contributed by atoms with E-state index in [0.717, 1.165) is 18.8 Å². The molecule has 0 atom stereocenters. The highest BCUT2D eigenvalue weighted by molar-refractivity contribution is 6.32. The number of rotatable bonds is 6. The van der Waals surface area contributed by atoms with Gasteiger partial charge in [-0.25, -0.2) is 0 Å². The van der Waals surface area contributed by atoms with E-state index in [2.05, 4.69) is 19.2 Å². The van der Waals surface area contributed by atoms with Crippen molar-refractivity contribution < 1.29 is 4.74 Å². The first kappa shape index (κ1) is 13.3. The molecule has 0 saturated carbocycles. The predicted molar refractivity (Wildman–Crippen MR) is 69.2 cm³/mol. The van der Waals surface area contributed by atoms with Gasteiger partial charge in [-0.15, -0.1) is 0 Å². The summed E-state index contributed by atoms with van der Waals surface area (Å²) in [6.45, 7) is 8.85. The zero-order valence-electron chi connectivity index (χ0n) is 10.2. The molecule has 0 aliphatic rings. The first-order valence-corrected chi connectivity index (χ1v) is 6.13. The molecule has 0 heterocycles. The number of hydrogen-bond donors (Lipinski definition) is 1. The lowest BCUT2D eigenvalue weighted by Crippen LogP contribution is -2.18. The minimum absolute atomic E-state index is 0.644. The summed E-state index contributed by atoms with van der Waals surface area (Å²) in [4.78, 5) is 0. The molecule has 0 saturated heterocycles. The summed E-state index contributed by atoms with van der Waals surface area (Å²) >= 11 is 6.10. The fraction of sp³-hybridized carbons (Fsp3) is 0.538. The molecule has 0 unspecified atom stereocenters. The van der Waals surface area contributed by atoms with Gasteiger partial charge in [-0.1, -0.05) is 31.5 Å². The van der Waals surface area contributed by atoms with Gasteiger partial charge >= 0.3 is 0 Å². The van der Waals surface area contributed by atoms with Gasteiger partial charge in [-0.05, 0) is 37.1 Å². The van der Waals surface area contributed by atoms with Gasteiger partial charge < -0.3 is 10.1 Å². The molecule has 1 aromatic carbocycles. The average molecular weight is 242 g/mol. The second-order valence-corrected chi connectivity index (χ2v) is 4.63. The van der Waals surface area contributed by atoms with Crippen LogP contribution in [0.25, 0.3) is 0 Å². The Balaban J connectivity index is 2.52. The van der Waals surface area contributed by atoms with Gasteiger partial charge in [0.1, 0.15) is 5.75 Å². The van der Waals surface area contributed by atoms with E-state index < -0.39 is 0 Å². The quantitative estimate of drug-likeness (QED) is 0.823. The minimum atomic E-state index is 0.644. The second kappa shape index (κ2) is 6.77. The van der Waals surface area contributed by atoms with Gasteiger partial charge in [0.2, 0.25) is 0 Å². The van der Waals surface area contributed by atoms with Crippen LogP contribution in [0.5, 0.6) is 5.75 Å². The highest BCUT2D eigenvalue weighted by Gasteiger charge is 2.02. The Morgan fingerprint density at radius 3 is 2.69 bits per heavy atom. The van der Waals surface area contributed by atoms with Crippen molar-refractivity contribution in [3.05, 3.63) is 28.8 Å². The maximum atomic E-state index is 6.10. The maximum absolute atomic E-state index is 6.10. The van der Waals surface area contributed by atoms with E-state index in [1.165, 1.54) is 5.56 Å². The Morgan fingerprint density at radius 1 is 1.38 bits per heavy atom. The van der Waals surface area contributed by atoms with Crippen LogP contribution in [0.1, 0.15) is 26.3 Å². The highest BCUT2D eigenvalue weighted by Crippen LogP contribution is 2.25. The van der Waals surface area contributed by atoms with Crippen molar-refractivity contribution in [2.45, 2.75) is 27.3 Å². The van der Waals surface area contributed by atoms with Gasteiger partial charge in [0, 0.05) is 6.54 Å². The molecule has 1 N–H and O–H groups in total. The Hall–Kier alpha value is -0.730. The van der Waals surface area contributed by atoms with Crippen LogP contribution in [0.3, 0.4) is 0 Å². The molecule has 0 amide bonds. The predicted octanol–water partition coefficient (Wildman–Crippen LogP) is 3.48. The largest absolute Gasteiger partial charge is 0.492 e. The normalized spacial score (nSPS) is 10.8. The molecule has 2 nitrogen and oxygen atoms in total. The molecule has 1 aromatic rings. The summed E-state index contributed by atoms with van der Waals surface area (Å²) < 4.78 is 5.38. The van der Waals surface area contributed by atoms with Gasteiger partial charge in [-0.3, -0.25) is 0 Å². The highest BCUT2D eigenvalue weighted by atomic mass is 35.5. The number of nitrogens with one attached hydrogen (secondary N) is 1. The Labute approximate surface area is 103 Å². The van der Waals surface area contributed by atoms with Crippen LogP contribution in [0.2, 0.25) is 5.02 Å². The van der Waals surface area contributed by atoms with Crippen LogP contribution >= 0.6 is 11.6 Å². The summed E-state index contributed by atoms with van der Waals surface area (Å²) in [6, 6.07) is 5.93. The molecular weight excluding hydrogens is 222 g/mol. The SMILES string of the molecule is CCOc1ccc(CNCC(C)C)cc1Cl. The molecule has 0 fully saturated rings. The van der Waals surface area contributed by atoms with Crippen LogP contribution < -0.4 is 10.1 Å². The maximum Gasteiger partial charge on any atom is 0.137 e.